The van der Waals surface area contributed by atoms with Crippen molar-refractivity contribution in [3.63, 3.8) is 0 Å². The summed E-state index contributed by atoms with van der Waals surface area (Å²) in [5, 5.41) is 3.34. The third kappa shape index (κ3) is 4.17. The number of hydrogen-bond donors (Lipinski definition) is 0. The summed E-state index contributed by atoms with van der Waals surface area (Å²) in [5.41, 5.74) is 1.43. The van der Waals surface area contributed by atoms with E-state index in [-0.39, 0.29) is 17.6 Å². The molecule has 3 aromatic rings. The van der Waals surface area contributed by atoms with Gasteiger partial charge in [0.2, 0.25) is 5.82 Å². The van der Waals surface area contributed by atoms with Crippen molar-refractivity contribution in [3.8, 4) is 11.4 Å². The molecule has 10 heteroatoms. The topological polar surface area (TPSA) is 72.1 Å². The Hall–Kier alpha value is -3.30. The van der Waals surface area contributed by atoms with Crippen molar-refractivity contribution in [1.82, 2.24) is 20.0 Å². The van der Waals surface area contributed by atoms with Crippen LogP contribution in [0.5, 0.6) is 0 Å². The van der Waals surface area contributed by atoms with Crippen molar-refractivity contribution in [2.75, 3.05) is 13.1 Å². The number of carbonyl (C=O) groups is 1. The first-order valence-corrected chi connectivity index (χ1v) is 9.23. The molecule has 30 heavy (non-hydrogen) atoms. The van der Waals surface area contributed by atoms with Gasteiger partial charge in [-0.05, 0) is 49.2 Å². The Kier molecular flexibility index (Phi) is 5.23. The highest BCUT2D eigenvalue weighted by molar-refractivity contribution is 5.94. The SMILES string of the molecule is O=C(c1ccc(F)cc1)N1CCCC(c2ccc(-c3noc(C(F)(F)F)n3)cn2)C1. The summed E-state index contributed by atoms with van der Waals surface area (Å²) in [6, 6.07) is 8.67. The van der Waals surface area contributed by atoms with Crippen LogP contribution < -0.4 is 0 Å². The second kappa shape index (κ2) is 7.85. The highest BCUT2D eigenvalue weighted by atomic mass is 19.4. The lowest BCUT2D eigenvalue weighted by Crippen LogP contribution is -2.39. The van der Waals surface area contributed by atoms with Gasteiger partial charge in [-0.2, -0.15) is 18.2 Å². The Bertz CT molecular complexity index is 1030. The normalized spacial score (nSPS) is 17.2. The first-order valence-electron chi connectivity index (χ1n) is 9.23. The second-order valence-corrected chi connectivity index (χ2v) is 6.99. The number of amides is 1. The Morgan fingerprint density at radius 3 is 2.53 bits per heavy atom. The number of carbonyl (C=O) groups excluding carboxylic acids is 1. The van der Waals surface area contributed by atoms with E-state index in [1.54, 1.807) is 17.0 Å². The van der Waals surface area contributed by atoms with E-state index in [0.29, 0.717) is 24.2 Å². The minimum atomic E-state index is -4.71. The van der Waals surface area contributed by atoms with Crippen LogP contribution in [0.4, 0.5) is 17.6 Å². The molecule has 1 aliphatic heterocycles. The van der Waals surface area contributed by atoms with Gasteiger partial charge in [0.1, 0.15) is 5.82 Å². The Balaban J connectivity index is 1.47. The van der Waals surface area contributed by atoms with Gasteiger partial charge in [-0.3, -0.25) is 9.78 Å². The highest BCUT2D eigenvalue weighted by Gasteiger charge is 2.38. The van der Waals surface area contributed by atoms with Gasteiger partial charge >= 0.3 is 12.1 Å². The fourth-order valence-electron chi connectivity index (χ4n) is 3.41. The van der Waals surface area contributed by atoms with Gasteiger partial charge in [-0.15, -0.1) is 0 Å². The number of nitrogens with zero attached hydrogens (tertiary/aromatic N) is 4. The molecule has 0 aliphatic carbocycles. The van der Waals surface area contributed by atoms with E-state index >= 15 is 0 Å². The Labute approximate surface area is 168 Å². The molecule has 1 fully saturated rings. The molecule has 0 bridgehead atoms. The maximum Gasteiger partial charge on any atom is 0.471 e. The lowest BCUT2D eigenvalue weighted by molar-refractivity contribution is -0.159. The lowest BCUT2D eigenvalue weighted by Gasteiger charge is -2.32. The Morgan fingerprint density at radius 1 is 1.13 bits per heavy atom. The molecule has 1 unspecified atom stereocenters. The van der Waals surface area contributed by atoms with Gasteiger partial charge in [0.15, 0.2) is 0 Å². The molecule has 1 amide bonds. The monoisotopic (exact) mass is 420 g/mol. The summed E-state index contributed by atoms with van der Waals surface area (Å²) in [7, 11) is 0. The summed E-state index contributed by atoms with van der Waals surface area (Å²) in [4.78, 5) is 22.1. The highest BCUT2D eigenvalue weighted by Crippen LogP contribution is 2.30. The number of hydrogen-bond acceptors (Lipinski definition) is 5. The molecule has 1 aliphatic rings. The maximum absolute atomic E-state index is 13.1. The van der Waals surface area contributed by atoms with Crippen molar-refractivity contribution < 1.29 is 26.9 Å². The molecular weight excluding hydrogens is 404 g/mol. The summed E-state index contributed by atoms with van der Waals surface area (Å²) in [6.45, 7) is 1.04. The van der Waals surface area contributed by atoms with Crippen molar-refractivity contribution >= 4 is 5.91 Å². The molecule has 0 spiro atoms. The average Bonchev–Trinajstić information content (AvgIpc) is 3.25. The van der Waals surface area contributed by atoms with E-state index in [1.807, 2.05) is 0 Å². The van der Waals surface area contributed by atoms with E-state index in [9.17, 15) is 22.4 Å². The van der Waals surface area contributed by atoms with E-state index in [1.165, 1.54) is 30.5 Å². The van der Waals surface area contributed by atoms with Gasteiger partial charge < -0.3 is 9.42 Å². The number of pyridine rings is 1. The third-order valence-electron chi connectivity index (χ3n) is 4.93. The molecule has 4 rings (SSSR count). The zero-order chi connectivity index (χ0) is 21.3. The zero-order valence-corrected chi connectivity index (χ0v) is 15.6. The van der Waals surface area contributed by atoms with Crippen LogP contribution in [0.3, 0.4) is 0 Å². The maximum atomic E-state index is 13.1. The van der Waals surface area contributed by atoms with Gasteiger partial charge in [0.05, 0.1) is 0 Å². The van der Waals surface area contributed by atoms with Gasteiger partial charge in [0.25, 0.3) is 5.91 Å². The van der Waals surface area contributed by atoms with Crippen LogP contribution in [0.25, 0.3) is 11.4 Å². The molecule has 1 aromatic carbocycles. The predicted molar refractivity (Wildman–Crippen MR) is 96.8 cm³/mol. The molecule has 0 N–H and O–H groups in total. The molecular formula is C20H16F4N4O2. The average molecular weight is 420 g/mol. The standard InChI is InChI=1S/C20H16F4N4O2/c21-15-6-3-12(4-7-15)18(29)28-9-1-2-14(11-28)16-8-5-13(10-25-16)17-26-19(30-27-17)20(22,23)24/h3-8,10,14H,1-2,9,11H2. The summed E-state index contributed by atoms with van der Waals surface area (Å²) >= 11 is 0. The van der Waals surface area contributed by atoms with Crippen LogP contribution in [0, 0.1) is 5.82 Å². The summed E-state index contributed by atoms with van der Waals surface area (Å²) in [5.74, 6) is -2.21. The minimum Gasteiger partial charge on any atom is -0.338 e. The van der Waals surface area contributed by atoms with Crippen LogP contribution >= 0.6 is 0 Å². The molecule has 0 radical (unpaired) electrons. The minimum absolute atomic E-state index is 0.0202. The largest absolute Gasteiger partial charge is 0.471 e. The quantitative estimate of drug-likeness (QED) is 0.591. The van der Waals surface area contributed by atoms with E-state index in [2.05, 4.69) is 19.6 Å². The molecule has 156 valence electrons. The van der Waals surface area contributed by atoms with Gasteiger partial charge in [-0.1, -0.05) is 5.16 Å². The fourth-order valence-corrected chi connectivity index (χ4v) is 3.41. The summed E-state index contributed by atoms with van der Waals surface area (Å²) < 4.78 is 55.1. The molecule has 6 nitrogen and oxygen atoms in total. The van der Waals surface area contributed by atoms with E-state index in [0.717, 1.165) is 18.5 Å². The third-order valence-corrected chi connectivity index (χ3v) is 4.93. The molecule has 1 saturated heterocycles. The van der Waals surface area contributed by atoms with E-state index in [4.69, 9.17) is 0 Å². The van der Waals surface area contributed by atoms with Crippen molar-refractivity contribution in [1.29, 1.82) is 0 Å². The number of benzene rings is 1. The first-order chi connectivity index (χ1) is 14.3. The molecule has 3 heterocycles. The zero-order valence-electron chi connectivity index (χ0n) is 15.6. The van der Waals surface area contributed by atoms with Crippen molar-refractivity contribution in [2.24, 2.45) is 0 Å². The molecule has 0 saturated carbocycles. The lowest BCUT2D eigenvalue weighted by atomic mass is 9.93. The van der Waals surface area contributed by atoms with Crippen LogP contribution in [-0.2, 0) is 6.18 Å². The van der Waals surface area contributed by atoms with Crippen LogP contribution in [0.2, 0.25) is 0 Å². The molecule has 1 atom stereocenters. The summed E-state index contributed by atoms with van der Waals surface area (Å²) in [6.07, 6.45) is -1.72. The van der Waals surface area contributed by atoms with Crippen LogP contribution in [0.15, 0.2) is 47.1 Å². The van der Waals surface area contributed by atoms with E-state index < -0.39 is 17.9 Å². The van der Waals surface area contributed by atoms with Crippen molar-refractivity contribution in [3.05, 3.63) is 65.6 Å². The fraction of sp³-hybridized carbons (Fsp3) is 0.300. The molecule has 2 aromatic heterocycles. The first kappa shape index (κ1) is 20.0. The second-order valence-electron chi connectivity index (χ2n) is 6.99. The Morgan fingerprint density at radius 2 is 1.90 bits per heavy atom. The number of halogens is 4. The van der Waals surface area contributed by atoms with Crippen LogP contribution in [-0.4, -0.2) is 39.0 Å². The number of likely N-dealkylation sites (tertiary alicyclic amines) is 1. The number of alkyl halides is 3. The van der Waals surface area contributed by atoms with Gasteiger partial charge in [-0.25, -0.2) is 4.39 Å². The number of rotatable bonds is 3. The number of piperidine rings is 1. The smallest absolute Gasteiger partial charge is 0.338 e. The van der Waals surface area contributed by atoms with Gasteiger partial charge in [0, 0.05) is 42.0 Å². The predicted octanol–water partition coefficient (Wildman–Crippen LogP) is 4.31. The van der Waals surface area contributed by atoms with Crippen LogP contribution in [0.1, 0.15) is 40.7 Å². The number of aromatic nitrogens is 3. The van der Waals surface area contributed by atoms with Crippen molar-refractivity contribution in [2.45, 2.75) is 24.9 Å².